The van der Waals surface area contributed by atoms with Crippen molar-refractivity contribution in [3.8, 4) is 51.7 Å². The summed E-state index contributed by atoms with van der Waals surface area (Å²) < 4.78 is 186. The standard InChI is InChI=1S/2C20H22FNO3.C19H20FNO3/c2*1-13-24-19-7-6-17(10-20(19)25-13)23-12-15-11-22-9-8-18(15)14-2-4-16(21)5-3-14;20-15-3-1-13(2-4-15)17-7-8-21-10-14(17)11-22-16-5-6-18-19(9-16)24-12-23-18/h2*2-7,10,13,15,18,22H,8-9,11-12H2,1H3;1-6,9,14,17,21H,7-8,10-12H2/t2*13?,15-,18-;14-,17-/m000/s1/i2D,3D,4D,5D,12D2,13D;12D2,13D;12D2. The van der Waals surface area contributed by atoms with Gasteiger partial charge < -0.3 is 58.6 Å². The summed E-state index contributed by atoms with van der Waals surface area (Å²) in [6.45, 7) is 0.614. The summed E-state index contributed by atoms with van der Waals surface area (Å²) in [5.74, 6) is -0.277. The van der Waals surface area contributed by atoms with E-state index in [1.54, 1.807) is 42.5 Å². The van der Waals surface area contributed by atoms with Gasteiger partial charge in [-0.15, -0.1) is 0 Å². The Morgan fingerprint density at radius 3 is 1.45 bits per heavy atom. The molecule has 12 nitrogen and oxygen atoms in total. The molecule has 3 saturated heterocycles. The van der Waals surface area contributed by atoms with E-state index in [0.717, 1.165) is 43.6 Å². The molecule has 8 atom stereocenters. The zero-order valence-corrected chi connectivity index (χ0v) is 40.7. The SMILES string of the molecule is [2H]C1(C)Oc2ccc(OC([2H])([2H])[C@@H]3CNCC[C@H]3c3ccc(F)cc3)cc2O1.[2H]C1([2H])Oc2ccc(OC[C@@H]3CNCC[C@H]3c3ccc(F)cc3)cc2O1.[2H]c1c([2H])c([C@@H]2CCNC[C@H]2C([2H])([2H])Oc2ccc3c(c2)OC([2H])(C)O3)c([2H])c([2H])c1F. The van der Waals surface area contributed by atoms with Gasteiger partial charge in [0.1, 0.15) is 40.2 Å². The van der Waals surface area contributed by atoms with Crippen LogP contribution in [-0.4, -0.2) is 78.3 Å². The van der Waals surface area contributed by atoms with Crippen molar-refractivity contribution in [2.24, 2.45) is 17.8 Å². The second-order valence-corrected chi connectivity index (χ2v) is 18.4. The van der Waals surface area contributed by atoms with Gasteiger partial charge in [0.25, 0.3) is 0 Å². The number of fused-ring (bicyclic) bond motifs is 3. The third-order valence-electron chi connectivity index (χ3n) is 13.3. The van der Waals surface area contributed by atoms with E-state index in [1.807, 2.05) is 12.1 Å². The molecule has 0 amide bonds. The highest BCUT2D eigenvalue weighted by Gasteiger charge is 2.31. The third-order valence-corrected chi connectivity index (χ3v) is 13.3. The van der Waals surface area contributed by atoms with Crippen LogP contribution in [0.2, 0.25) is 0 Å². The molecule has 0 saturated carbocycles. The quantitative estimate of drug-likeness (QED) is 0.108. The van der Waals surface area contributed by atoms with E-state index in [9.17, 15) is 13.2 Å². The summed E-state index contributed by atoms with van der Waals surface area (Å²) in [5, 5.41) is 9.69. The molecule has 6 aliphatic rings. The first-order valence-corrected chi connectivity index (χ1v) is 24.6. The van der Waals surface area contributed by atoms with Crippen molar-refractivity contribution in [1.29, 1.82) is 0 Å². The summed E-state index contributed by atoms with van der Waals surface area (Å²) >= 11 is 0. The van der Waals surface area contributed by atoms with Gasteiger partial charge >= 0.3 is 0 Å². The van der Waals surface area contributed by atoms with E-state index >= 15 is 0 Å². The summed E-state index contributed by atoms with van der Waals surface area (Å²) in [6, 6.07) is 24.6. The van der Waals surface area contributed by atoms with Crippen LogP contribution in [0.15, 0.2) is 127 Å². The molecule has 6 aromatic carbocycles. The first-order valence-electron chi connectivity index (χ1n) is 30.6. The van der Waals surface area contributed by atoms with Crippen molar-refractivity contribution < 1.29 is 72.3 Å². The predicted molar refractivity (Wildman–Crippen MR) is 274 cm³/mol. The van der Waals surface area contributed by atoms with E-state index in [2.05, 4.69) is 16.0 Å². The van der Waals surface area contributed by atoms with Crippen LogP contribution < -0.4 is 58.6 Å². The molecule has 0 spiro atoms. The van der Waals surface area contributed by atoms with Gasteiger partial charge in [0.15, 0.2) is 34.5 Å². The van der Waals surface area contributed by atoms with Crippen LogP contribution in [0, 0.1) is 35.2 Å². The molecule has 0 aromatic heterocycles. The van der Waals surface area contributed by atoms with E-state index < -0.39 is 80.1 Å². The van der Waals surface area contributed by atoms with Crippen LogP contribution in [-0.2, 0) is 0 Å². The average Bonchev–Trinajstić information content (AvgIpc) is 1.91. The summed E-state index contributed by atoms with van der Waals surface area (Å²) in [7, 11) is 0. The lowest BCUT2D eigenvalue weighted by Crippen LogP contribution is -2.38. The minimum atomic E-state index is -2.28. The van der Waals surface area contributed by atoms with Crippen LogP contribution in [0.25, 0.3) is 0 Å². The summed E-state index contributed by atoms with van der Waals surface area (Å²) in [5.41, 5.74) is 2.01. The molecule has 0 radical (unpaired) electrons. The van der Waals surface area contributed by atoms with Crippen molar-refractivity contribution in [2.75, 3.05) is 65.7 Å². The van der Waals surface area contributed by atoms with Gasteiger partial charge in [0, 0.05) is 69.4 Å². The summed E-state index contributed by atoms with van der Waals surface area (Å²) in [4.78, 5) is 0. The fourth-order valence-electron chi connectivity index (χ4n) is 9.59. The highest BCUT2D eigenvalue weighted by atomic mass is 19.1. The molecule has 2 unspecified atom stereocenters. The number of nitrogens with one attached hydrogen (secondary N) is 3. The first kappa shape index (κ1) is 37.8. The Balaban J connectivity index is 0.000000144. The predicted octanol–water partition coefficient (Wildman–Crippen LogP) is 10.8. The second-order valence-electron chi connectivity index (χ2n) is 18.4. The maximum Gasteiger partial charge on any atom is 0.238 e. The lowest BCUT2D eigenvalue weighted by Gasteiger charge is -2.32. The maximum atomic E-state index is 14.0. The number of ether oxygens (including phenoxy) is 9. The Morgan fingerprint density at radius 1 is 0.500 bits per heavy atom. The number of piperidine rings is 3. The number of hydrogen-bond donors (Lipinski definition) is 3. The lowest BCUT2D eigenvalue weighted by molar-refractivity contribution is 0.0673. The average molecular weight is 1030 g/mol. The Morgan fingerprint density at radius 2 is 0.919 bits per heavy atom. The van der Waals surface area contributed by atoms with Gasteiger partial charge in [-0.05, 0) is 146 Å². The lowest BCUT2D eigenvalue weighted by atomic mass is 9.81. The third kappa shape index (κ3) is 12.9. The molecule has 6 aromatic rings. The van der Waals surface area contributed by atoms with Gasteiger partial charge in [-0.25, -0.2) is 13.2 Å². The van der Waals surface area contributed by atoms with Gasteiger partial charge in [-0.2, -0.15) is 0 Å². The minimum Gasteiger partial charge on any atom is -0.493 e. The summed E-state index contributed by atoms with van der Waals surface area (Å²) in [6.07, 6.45) is -1.05. The van der Waals surface area contributed by atoms with Gasteiger partial charge in [0.05, 0.1) is 30.7 Å². The molecule has 74 heavy (non-hydrogen) atoms. The largest absolute Gasteiger partial charge is 0.493 e. The molecule has 12 rings (SSSR count). The Bertz CT molecular complexity index is 3380. The van der Waals surface area contributed by atoms with Crippen molar-refractivity contribution in [3.05, 3.63) is 161 Å². The monoisotopic (exact) mass is 1030 g/mol. The maximum absolute atomic E-state index is 14.0. The van der Waals surface area contributed by atoms with E-state index in [0.29, 0.717) is 72.3 Å². The Hall–Kier alpha value is -6.81. The molecular weight excluding hydrogens is 952 g/mol. The van der Waals surface area contributed by atoms with Crippen molar-refractivity contribution >= 4 is 0 Å². The minimum absolute atomic E-state index is 0.0176. The van der Waals surface area contributed by atoms with Crippen LogP contribution >= 0.6 is 0 Å². The molecule has 3 fully saturated rings. The number of rotatable bonds is 12. The highest BCUT2D eigenvalue weighted by Crippen LogP contribution is 2.41. The van der Waals surface area contributed by atoms with Gasteiger partial charge in [0.2, 0.25) is 19.3 Å². The topological polar surface area (TPSA) is 119 Å². The number of benzene rings is 6. The van der Waals surface area contributed by atoms with E-state index in [-0.39, 0.29) is 47.1 Å². The molecule has 6 heterocycles. The Kier molecular flexibility index (Phi) is 12.3. The van der Waals surface area contributed by atoms with Gasteiger partial charge in [-0.3, -0.25) is 0 Å². The van der Waals surface area contributed by atoms with Crippen molar-refractivity contribution in [3.63, 3.8) is 0 Å². The fraction of sp³-hybridized carbons (Fsp3) is 0.390. The van der Waals surface area contributed by atoms with Crippen LogP contribution in [0.1, 0.15) is 84.0 Å². The smallest absolute Gasteiger partial charge is 0.238 e. The van der Waals surface area contributed by atoms with Crippen molar-refractivity contribution in [2.45, 2.75) is 63.4 Å². The normalized spacial score (nSPS) is 29.5. The Labute approximate surface area is 447 Å². The van der Waals surface area contributed by atoms with E-state index in [1.165, 1.54) is 62.4 Å². The number of halogens is 3. The van der Waals surface area contributed by atoms with Crippen LogP contribution in [0.5, 0.6) is 51.7 Å². The molecular formula is C59H64F3N3O9. The highest BCUT2D eigenvalue weighted by molar-refractivity contribution is 5.49. The zero-order valence-electron chi connectivity index (χ0n) is 52.7. The molecule has 3 N–H and O–H groups in total. The number of hydrogen-bond acceptors (Lipinski definition) is 12. The van der Waals surface area contributed by atoms with Crippen LogP contribution in [0.3, 0.4) is 0 Å². The second kappa shape index (κ2) is 24.0. The molecule has 390 valence electrons. The fourth-order valence-corrected chi connectivity index (χ4v) is 9.59. The van der Waals surface area contributed by atoms with Crippen LogP contribution in [0.4, 0.5) is 13.2 Å². The van der Waals surface area contributed by atoms with Gasteiger partial charge in [-0.1, -0.05) is 36.4 Å². The molecule has 6 aliphatic heterocycles. The van der Waals surface area contributed by atoms with E-state index in [4.69, 9.17) is 59.1 Å². The molecule has 15 heteroatoms. The molecule has 0 bridgehead atoms. The zero-order chi connectivity index (χ0) is 61.5. The van der Waals surface area contributed by atoms with Crippen molar-refractivity contribution in [1.82, 2.24) is 16.0 Å². The molecule has 0 aliphatic carbocycles. The first-order chi connectivity index (χ1) is 40.6.